The molecule has 2 aromatic carbocycles. The summed E-state index contributed by atoms with van der Waals surface area (Å²) in [4.78, 5) is 20.4. The summed E-state index contributed by atoms with van der Waals surface area (Å²) in [5.41, 5.74) is 4.13. The lowest BCUT2D eigenvalue weighted by Crippen LogP contribution is -2.25. The lowest BCUT2D eigenvalue weighted by atomic mass is 10.1. The van der Waals surface area contributed by atoms with Crippen molar-refractivity contribution in [3.63, 3.8) is 0 Å². The monoisotopic (exact) mass is 419 g/mol. The number of ether oxygens (including phenoxy) is 1. The van der Waals surface area contributed by atoms with Gasteiger partial charge in [0.2, 0.25) is 0 Å². The van der Waals surface area contributed by atoms with Crippen LogP contribution in [0.5, 0.6) is 5.75 Å². The molecule has 0 aliphatic rings. The number of fused-ring (bicyclic) bond motifs is 1. The van der Waals surface area contributed by atoms with Crippen molar-refractivity contribution in [2.24, 2.45) is 0 Å². The number of hydrogen-bond acceptors (Lipinski definition) is 5. The van der Waals surface area contributed by atoms with E-state index in [-0.39, 0.29) is 5.56 Å². The summed E-state index contributed by atoms with van der Waals surface area (Å²) in [6.07, 6.45) is 0. The number of nitrogens with zero attached hydrogens (tertiary/aromatic N) is 3. The molecule has 0 spiro atoms. The second-order valence-corrected chi connectivity index (χ2v) is 8.13. The maximum Gasteiger partial charge on any atom is 0.259 e. The number of hydrogen-bond donors (Lipinski definition) is 0. The van der Waals surface area contributed by atoms with Crippen molar-refractivity contribution < 1.29 is 4.74 Å². The van der Waals surface area contributed by atoms with Crippen molar-refractivity contribution in [1.82, 2.24) is 14.3 Å². The van der Waals surface area contributed by atoms with E-state index in [1.54, 1.807) is 10.5 Å². The van der Waals surface area contributed by atoms with Crippen molar-refractivity contribution in [3.8, 4) is 5.75 Å². The van der Waals surface area contributed by atoms with Gasteiger partial charge >= 0.3 is 0 Å². The number of thiazole rings is 1. The SMILES string of the molecule is CCOc1ccc(CN(Cc2ccccc2)Cc2cc(=O)n3c(C)csc3n2)cc1. The van der Waals surface area contributed by atoms with Gasteiger partial charge < -0.3 is 4.74 Å². The van der Waals surface area contributed by atoms with Gasteiger partial charge in [0.1, 0.15) is 5.75 Å². The average molecular weight is 420 g/mol. The molecule has 0 atom stereocenters. The maximum absolute atomic E-state index is 12.6. The second-order valence-electron chi connectivity index (χ2n) is 7.29. The van der Waals surface area contributed by atoms with Crippen molar-refractivity contribution in [2.45, 2.75) is 33.5 Å². The van der Waals surface area contributed by atoms with Gasteiger partial charge in [0.25, 0.3) is 5.56 Å². The van der Waals surface area contributed by atoms with E-state index in [0.717, 1.165) is 35.2 Å². The first-order valence-corrected chi connectivity index (χ1v) is 10.9. The molecular formula is C24H25N3O2S. The van der Waals surface area contributed by atoms with Gasteiger partial charge in [-0.05, 0) is 37.1 Å². The Morgan fingerprint density at radius 3 is 2.40 bits per heavy atom. The molecule has 30 heavy (non-hydrogen) atoms. The Morgan fingerprint density at radius 2 is 1.70 bits per heavy atom. The average Bonchev–Trinajstić information content (AvgIpc) is 3.11. The minimum Gasteiger partial charge on any atom is -0.494 e. The van der Waals surface area contributed by atoms with Gasteiger partial charge in [-0.15, -0.1) is 11.3 Å². The normalized spacial score (nSPS) is 11.3. The predicted octanol–water partition coefficient (Wildman–Crippen LogP) is 4.67. The van der Waals surface area contributed by atoms with Gasteiger partial charge in [0.15, 0.2) is 4.96 Å². The zero-order valence-electron chi connectivity index (χ0n) is 17.2. The number of aryl methyl sites for hydroxylation is 1. The summed E-state index contributed by atoms with van der Waals surface area (Å²) < 4.78 is 7.22. The summed E-state index contributed by atoms with van der Waals surface area (Å²) in [5.74, 6) is 0.879. The zero-order valence-corrected chi connectivity index (χ0v) is 18.1. The highest BCUT2D eigenvalue weighted by atomic mass is 32.1. The third kappa shape index (κ3) is 4.78. The molecule has 0 radical (unpaired) electrons. The van der Waals surface area contributed by atoms with Crippen molar-refractivity contribution >= 4 is 16.3 Å². The van der Waals surface area contributed by atoms with Gasteiger partial charge in [-0.2, -0.15) is 0 Å². The molecule has 2 aromatic heterocycles. The number of benzene rings is 2. The molecule has 4 aromatic rings. The zero-order chi connectivity index (χ0) is 20.9. The highest BCUT2D eigenvalue weighted by molar-refractivity contribution is 7.15. The molecule has 0 aliphatic carbocycles. The molecule has 0 saturated carbocycles. The second kappa shape index (κ2) is 9.24. The molecule has 0 saturated heterocycles. The Morgan fingerprint density at radius 1 is 1.00 bits per heavy atom. The highest BCUT2D eigenvalue weighted by Gasteiger charge is 2.12. The van der Waals surface area contributed by atoms with Crippen LogP contribution < -0.4 is 10.3 Å². The quantitative estimate of drug-likeness (QED) is 0.417. The molecule has 0 unspecified atom stereocenters. The topological polar surface area (TPSA) is 46.8 Å². The minimum atomic E-state index is -0.0190. The first-order chi connectivity index (χ1) is 14.6. The van der Waals surface area contributed by atoms with Crippen molar-refractivity contribution in [1.29, 1.82) is 0 Å². The summed E-state index contributed by atoms with van der Waals surface area (Å²) >= 11 is 1.50. The fraction of sp³-hybridized carbons (Fsp3) is 0.250. The largest absolute Gasteiger partial charge is 0.494 e. The maximum atomic E-state index is 12.6. The Balaban J connectivity index is 1.59. The summed E-state index contributed by atoms with van der Waals surface area (Å²) in [6.45, 7) is 6.71. The minimum absolute atomic E-state index is 0.0190. The van der Waals surface area contributed by atoms with E-state index < -0.39 is 0 Å². The molecule has 2 heterocycles. The highest BCUT2D eigenvalue weighted by Crippen LogP contribution is 2.18. The van der Waals surface area contributed by atoms with E-state index in [1.807, 2.05) is 37.4 Å². The molecule has 0 fully saturated rings. The van der Waals surface area contributed by atoms with E-state index in [9.17, 15) is 4.79 Å². The van der Waals surface area contributed by atoms with Crippen LogP contribution in [-0.2, 0) is 19.6 Å². The van der Waals surface area contributed by atoms with Crippen LogP contribution in [0.25, 0.3) is 4.96 Å². The molecule has 0 amide bonds. The van der Waals surface area contributed by atoms with Gasteiger partial charge in [0.05, 0.1) is 12.3 Å². The van der Waals surface area contributed by atoms with Crippen LogP contribution in [0.1, 0.15) is 29.4 Å². The summed E-state index contributed by atoms with van der Waals surface area (Å²) in [5, 5.41) is 1.97. The fourth-order valence-corrected chi connectivity index (χ4v) is 4.43. The van der Waals surface area contributed by atoms with Crippen LogP contribution in [0.2, 0.25) is 0 Å². The van der Waals surface area contributed by atoms with Gasteiger partial charge in [-0.1, -0.05) is 42.5 Å². The Hall–Kier alpha value is -2.96. The van der Waals surface area contributed by atoms with Crippen LogP contribution in [0.3, 0.4) is 0 Å². The third-order valence-electron chi connectivity index (χ3n) is 4.90. The Labute approximate surface area is 180 Å². The first-order valence-electron chi connectivity index (χ1n) is 10.1. The molecule has 5 nitrogen and oxygen atoms in total. The molecule has 154 valence electrons. The molecular weight excluding hydrogens is 394 g/mol. The van der Waals surface area contributed by atoms with Crippen molar-refractivity contribution in [2.75, 3.05) is 6.61 Å². The fourth-order valence-electron chi connectivity index (χ4n) is 3.54. The predicted molar refractivity (Wildman–Crippen MR) is 121 cm³/mol. The van der Waals surface area contributed by atoms with E-state index in [1.165, 1.54) is 22.5 Å². The van der Waals surface area contributed by atoms with Crippen LogP contribution in [0, 0.1) is 6.92 Å². The van der Waals surface area contributed by atoms with Gasteiger partial charge in [-0.25, -0.2) is 4.98 Å². The number of rotatable bonds is 8. The number of aromatic nitrogens is 2. The third-order valence-corrected chi connectivity index (χ3v) is 5.85. The van der Waals surface area contributed by atoms with E-state index in [2.05, 4.69) is 41.3 Å². The van der Waals surface area contributed by atoms with Crippen LogP contribution in [-0.4, -0.2) is 20.9 Å². The van der Waals surface area contributed by atoms with E-state index in [0.29, 0.717) is 13.2 Å². The smallest absolute Gasteiger partial charge is 0.259 e. The van der Waals surface area contributed by atoms with E-state index in [4.69, 9.17) is 9.72 Å². The van der Waals surface area contributed by atoms with Gasteiger partial charge in [-0.3, -0.25) is 14.1 Å². The molecule has 6 heteroatoms. The lowest BCUT2D eigenvalue weighted by molar-refractivity contribution is 0.244. The lowest BCUT2D eigenvalue weighted by Gasteiger charge is -2.22. The van der Waals surface area contributed by atoms with Crippen LogP contribution in [0.15, 0.2) is 70.8 Å². The standard InChI is InChI=1S/C24H25N3O2S/c1-3-29-22-11-9-20(10-12-22)15-26(14-19-7-5-4-6-8-19)16-21-13-23(28)27-18(2)17-30-24(27)25-21/h4-13,17H,3,14-16H2,1-2H3. The van der Waals surface area contributed by atoms with E-state index >= 15 is 0 Å². The Bertz CT molecular complexity index is 1170. The van der Waals surface area contributed by atoms with Crippen molar-refractivity contribution in [3.05, 3.63) is 98.9 Å². The molecule has 0 bridgehead atoms. The van der Waals surface area contributed by atoms with Crippen LogP contribution >= 0.6 is 11.3 Å². The summed E-state index contributed by atoms with van der Waals surface area (Å²) in [6, 6.07) is 20.2. The van der Waals surface area contributed by atoms with Gasteiger partial charge in [0, 0.05) is 36.8 Å². The Kier molecular flexibility index (Phi) is 6.26. The summed E-state index contributed by atoms with van der Waals surface area (Å²) in [7, 11) is 0. The van der Waals surface area contributed by atoms with Crippen LogP contribution in [0.4, 0.5) is 0 Å². The molecule has 0 aliphatic heterocycles. The first kappa shape index (κ1) is 20.3. The molecule has 4 rings (SSSR count). The molecule has 0 N–H and O–H groups in total.